The third-order valence-corrected chi connectivity index (χ3v) is 3.39. The van der Waals surface area contributed by atoms with Crippen molar-refractivity contribution in [2.75, 3.05) is 0 Å². The first-order valence-electron chi connectivity index (χ1n) is 4.22. The van der Waals surface area contributed by atoms with Crippen LogP contribution < -0.4 is 0 Å². The fraction of sp³-hybridized carbons (Fsp3) is 0. The van der Waals surface area contributed by atoms with Crippen LogP contribution in [0.3, 0.4) is 0 Å². The molecule has 0 radical (unpaired) electrons. The topological polar surface area (TPSA) is 25.8 Å². The highest BCUT2D eigenvalue weighted by Gasteiger charge is 2.06. The fourth-order valence-electron chi connectivity index (χ4n) is 1.15. The van der Waals surface area contributed by atoms with E-state index in [0.29, 0.717) is 25.1 Å². The summed E-state index contributed by atoms with van der Waals surface area (Å²) >= 11 is 18.4. The average Bonchev–Trinajstić information content (AvgIpc) is 2.20. The fourth-order valence-corrected chi connectivity index (χ4v) is 2.53. The predicted octanol–water partition coefficient (Wildman–Crippen LogP) is 4.98. The van der Waals surface area contributed by atoms with Gasteiger partial charge >= 0.3 is 0 Å². The van der Waals surface area contributed by atoms with E-state index in [9.17, 15) is 0 Å². The molecule has 16 heavy (non-hydrogen) atoms. The Morgan fingerprint density at radius 3 is 2.06 bits per heavy atom. The second-order valence-corrected chi connectivity index (χ2v) is 5.41. The first kappa shape index (κ1) is 12.3. The molecule has 1 aromatic carbocycles. The smallest absolute Gasteiger partial charge is 0.161 e. The van der Waals surface area contributed by atoms with Gasteiger partial charge in [0.05, 0.1) is 10.0 Å². The van der Waals surface area contributed by atoms with Crippen molar-refractivity contribution in [1.29, 1.82) is 0 Å². The van der Waals surface area contributed by atoms with Crippen molar-refractivity contribution in [2.24, 2.45) is 0 Å². The Balaban J connectivity index is 2.54. The maximum atomic E-state index is 5.93. The molecule has 0 bridgehead atoms. The molecule has 82 valence electrons. The summed E-state index contributed by atoms with van der Waals surface area (Å²) in [5.74, 6) is 0.583. The molecule has 0 aliphatic rings. The van der Waals surface area contributed by atoms with E-state index in [-0.39, 0.29) is 0 Å². The van der Waals surface area contributed by atoms with Gasteiger partial charge in [-0.1, -0.05) is 23.2 Å². The van der Waals surface area contributed by atoms with E-state index in [1.165, 1.54) is 0 Å². The van der Waals surface area contributed by atoms with Gasteiger partial charge in [-0.2, -0.15) is 0 Å². The Morgan fingerprint density at radius 1 is 0.875 bits per heavy atom. The summed E-state index contributed by atoms with van der Waals surface area (Å²) in [7, 11) is 0. The van der Waals surface area contributed by atoms with Crippen LogP contribution in [0.5, 0.6) is 0 Å². The molecule has 0 saturated heterocycles. The first-order chi connectivity index (χ1) is 7.56. The summed E-state index contributed by atoms with van der Waals surface area (Å²) in [6.45, 7) is 0. The van der Waals surface area contributed by atoms with E-state index in [4.69, 9.17) is 23.2 Å². The second-order valence-electron chi connectivity index (χ2n) is 2.97. The minimum absolute atomic E-state index is 0.485. The van der Waals surface area contributed by atoms with Crippen LogP contribution in [0.15, 0.2) is 33.5 Å². The molecular weight excluding hydrogens is 379 g/mol. The number of hydrogen-bond acceptors (Lipinski definition) is 2. The number of benzene rings is 1. The van der Waals surface area contributed by atoms with Crippen LogP contribution in [0.1, 0.15) is 0 Å². The Labute approximate surface area is 119 Å². The summed E-state index contributed by atoms with van der Waals surface area (Å²) in [5, 5.41) is 0.998. The van der Waals surface area contributed by atoms with E-state index in [1.54, 1.807) is 18.2 Å². The van der Waals surface area contributed by atoms with Gasteiger partial charge in [-0.25, -0.2) is 9.97 Å². The lowest BCUT2D eigenvalue weighted by molar-refractivity contribution is 1.12. The van der Waals surface area contributed by atoms with Crippen molar-refractivity contribution in [3.8, 4) is 11.4 Å². The molecule has 0 spiro atoms. The van der Waals surface area contributed by atoms with Crippen LogP contribution in [0.25, 0.3) is 11.4 Å². The highest BCUT2D eigenvalue weighted by molar-refractivity contribution is 9.11. The maximum absolute atomic E-state index is 5.93. The van der Waals surface area contributed by atoms with Gasteiger partial charge in [0.15, 0.2) is 5.82 Å². The molecule has 0 N–H and O–H groups in total. The van der Waals surface area contributed by atoms with Gasteiger partial charge in [-0.15, -0.1) is 0 Å². The first-order valence-corrected chi connectivity index (χ1v) is 6.56. The molecule has 0 atom stereocenters. The number of hydrogen-bond donors (Lipinski definition) is 0. The molecule has 0 fully saturated rings. The van der Waals surface area contributed by atoms with E-state index in [2.05, 4.69) is 41.8 Å². The van der Waals surface area contributed by atoms with Crippen molar-refractivity contribution >= 4 is 55.1 Å². The third kappa shape index (κ3) is 2.74. The van der Waals surface area contributed by atoms with Gasteiger partial charge in [0.1, 0.15) is 9.21 Å². The Morgan fingerprint density at radius 2 is 1.50 bits per heavy atom. The highest BCUT2D eigenvalue weighted by atomic mass is 79.9. The standard InChI is InChI=1S/C10H4Br2Cl2N2/c11-8-4-9(12)16-10(15-8)5-1-2-6(13)7(14)3-5/h1-4H. The van der Waals surface area contributed by atoms with Crippen LogP contribution >= 0.6 is 55.1 Å². The molecule has 0 saturated carbocycles. The van der Waals surface area contributed by atoms with Gasteiger partial charge in [0.25, 0.3) is 0 Å². The molecule has 6 heteroatoms. The van der Waals surface area contributed by atoms with Crippen molar-refractivity contribution in [1.82, 2.24) is 9.97 Å². The van der Waals surface area contributed by atoms with E-state index >= 15 is 0 Å². The number of halogens is 4. The second kappa shape index (κ2) is 5.00. The summed E-state index contributed by atoms with van der Waals surface area (Å²) in [4.78, 5) is 8.50. The maximum Gasteiger partial charge on any atom is 0.161 e. The normalized spacial score (nSPS) is 10.5. The zero-order valence-electron chi connectivity index (χ0n) is 7.72. The van der Waals surface area contributed by atoms with Crippen LogP contribution in [0.4, 0.5) is 0 Å². The van der Waals surface area contributed by atoms with Gasteiger partial charge in [0, 0.05) is 11.6 Å². The Kier molecular flexibility index (Phi) is 3.85. The molecular formula is C10H4Br2Cl2N2. The Bertz CT molecular complexity index is 526. The van der Waals surface area contributed by atoms with E-state index < -0.39 is 0 Å². The van der Waals surface area contributed by atoms with Gasteiger partial charge < -0.3 is 0 Å². The highest BCUT2D eigenvalue weighted by Crippen LogP contribution is 2.28. The quantitative estimate of drug-likeness (QED) is 0.650. The molecule has 0 aliphatic carbocycles. The minimum atomic E-state index is 0.485. The molecule has 0 aliphatic heterocycles. The number of aromatic nitrogens is 2. The molecule has 2 rings (SSSR count). The zero-order valence-corrected chi connectivity index (χ0v) is 12.4. The van der Waals surface area contributed by atoms with Crippen LogP contribution in [0.2, 0.25) is 10.0 Å². The largest absolute Gasteiger partial charge is 0.221 e. The predicted molar refractivity (Wildman–Crippen MR) is 72.9 cm³/mol. The zero-order chi connectivity index (χ0) is 11.7. The van der Waals surface area contributed by atoms with Crippen LogP contribution in [-0.4, -0.2) is 9.97 Å². The summed E-state index contributed by atoms with van der Waals surface area (Å²) < 4.78 is 1.41. The SMILES string of the molecule is Clc1ccc(-c2nc(Br)cc(Br)n2)cc1Cl. The molecule has 1 aromatic heterocycles. The van der Waals surface area contributed by atoms with Crippen molar-refractivity contribution in [3.63, 3.8) is 0 Å². The van der Waals surface area contributed by atoms with Crippen LogP contribution in [0, 0.1) is 0 Å². The summed E-state index contributed by atoms with van der Waals surface area (Å²) in [5.41, 5.74) is 0.816. The summed E-state index contributed by atoms with van der Waals surface area (Å²) in [6.07, 6.45) is 0. The lowest BCUT2D eigenvalue weighted by Crippen LogP contribution is -1.90. The third-order valence-electron chi connectivity index (χ3n) is 1.84. The van der Waals surface area contributed by atoms with Crippen molar-refractivity contribution < 1.29 is 0 Å². The van der Waals surface area contributed by atoms with E-state index in [0.717, 1.165) is 5.56 Å². The van der Waals surface area contributed by atoms with Crippen LogP contribution in [-0.2, 0) is 0 Å². The van der Waals surface area contributed by atoms with E-state index in [1.807, 2.05) is 6.07 Å². The minimum Gasteiger partial charge on any atom is -0.221 e. The monoisotopic (exact) mass is 380 g/mol. The van der Waals surface area contributed by atoms with Crippen molar-refractivity contribution in [2.45, 2.75) is 0 Å². The number of rotatable bonds is 1. The molecule has 2 nitrogen and oxygen atoms in total. The molecule has 1 heterocycles. The van der Waals surface area contributed by atoms with Gasteiger partial charge in [0.2, 0.25) is 0 Å². The molecule has 0 unspecified atom stereocenters. The van der Waals surface area contributed by atoms with Crippen molar-refractivity contribution in [3.05, 3.63) is 43.5 Å². The average molecular weight is 383 g/mol. The number of nitrogens with zero attached hydrogens (tertiary/aromatic N) is 2. The molecule has 0 amide bonds. The molecule has 2 aromatic rings. The lowest BCUT2D eigenvalue weighted by atomic mass is 10.2. The van der Waals surface area contributed by atoms with Gasteiger partial charge in [-0.3, -0.25) is 0 Å². The summed E-state index contributed by atoms with van der Waals surface area (Å²) in [6, 6.07) is 7.04. The lowest BCUT2D eigenvalue weighted by Gasteiger charge is -2.03. The van der Waals surface area contributed by atoms with Gasteiger partial charge in [-0.05, 0) is 50.1 Å². The Hall–Kier alpha value is -0.160.